The molecule has 2 amide bonds. The predicted octanol–water partition coefficient (Wildman–Crippen LogP) is 3.77. The molecule has 7 nitrogen and oxygen atoms in total. The summed E-state index contributed by atoms with van der Waals surface area (Å²) in [6.45, 7) is 3.31. The fraction of sp³-hybridized carbons (Fsp3) is 0.375. The number of alkyl halides is 2. The molecular weight excluding hydrogens is 434 g/mol. The molecule has 3 rings (SSSR count). The smallest absolute Gasteiger partial charge is 0.407 e. The highest BCUT2D eigenvalue weighted by Gasteiger charge is 2.32. The van der Waals surface area contributed by atoms with Crippen molar-refractivity contribution in [1.82, 2.24) is 10.6 Å². The molecular formula is C24H26F2N2O5. The molecule has 3 N–H and O–H groups in total. The van der Waals surface area contributed by atoms with Crippen LogP contribution in [0.1, 0.15) is 37.3 Å². The van der Waals surface area contributed by atoms with Crippen LogP contribution in [0.4, 0.5) is 13.6 Å². The van der Waals surface area contributed by atoms with E-state index < -0.39 is 48.8 Å². The first-order valence-corrected chi connectivity index (χ1v) is 10.6. The number of amides is 2. The quantitative estimate of drug-likeness (QED) is 0.528. The van der Waals surface area contributed by atoms with Crippen LogP contribution in [0.3, 0.4) is 0 Å². The Balaban J connectivity index is 1.65. The van der Waals surface area contributed by atoms with Gasteiger partial charge in [-0.2, -0.15) is 0 Å². The highest BCUT2D eigenvalue weighted by Crippen LogP contribution is 2.44. The van der Waals surface area contributed by atoms with E-state index in [0.717, 1.165) is 22.3 Å². The number of alkyl carbamates (subject to hydrolysis) is 1. The fourth-order valence-electron chi connectivity index (χ4n) is 3.96. The Labute approximate surface area is 190 Å². The highest BCUT2D eigenvalue weighted by molar-refractivity contribution is 5.89. The number of ether oxygens (including phenoxy) is 1. The molecule has 0 heterocycles. The van der Waals surface area contributed by atoms with Gasteiger partial charge < -0.3 is 20.5 Å². The zero-order chi connectivity index (χ0) is 24.1. The molecule has 1 aliphatic rings. The monoisotopic (exact) mass is 460 g/mol. The van der Waals surface area contributed by atoms with E-state index in [9.17, 15) is 23.2 Å². The van der Waals surface area contributed by atoms with Gasteiger partial charge in [0.25, 0.3) is 0 Å². The molecule has 0 aliphatic heterocycles. The minimum Gasteiger partial charge on any atom is -0.480 e. The first kappa shape index (κ1) is 24.2. The van der Waals surface area contributed by atoms with Crippen molar-refractivity contribution in [1.29, 1.82) is 0 Å². The van der Waals surface area contributed by atoms with Crippen molar-refractivity contribution in [2.24, 2.45) is 5.92 Å². The van der Waals surface area contributed by atoms with Crippen molar-refractivity contribution in [3.8, 4) is 11.1 Å². The molecule has 0 saturated heterocycles. The molecule has 176 valence electrons. The Morgan fingerprint density at radius 2 is 1.52 bits per heavy atom. The maximum atomic E-state index is 12.6. The number of carbonyl (C=O) groups excluding carboxylic acids is 2. The number of carbonyl (C=O) groups is 3. The van der Waals surface area contributed by atoms with Gasteiger partial charge in [0, 0.05) is 12.3 Å². The number of halogens is 2. The summed E-state index contributed by atoms with van der Waals surface area (Å²) in [5, 5.41) is 13.6. The van der Waals surface area contributed by atoms with Crippen LogP contribution in [0.15, 0.2) is 48.5 Å². The van der Waals surface area contributed by atoms with Crippen molar-refractivity contribution in [2.75, 3.05) is 6.61 Å². The van der Waals surface area contributed by atoms with Gasteiger partial charge >= 0.3 is 12.1 Å². The van der Waals surface area contributed by atoms with E-state index in [2.05, 4.69) is 10.6 Å². The SMILES string of the molecule is CC(C)C(NC(=O)OCC1c2ccccc2-c2ccccc21)C(=O)NC(CC(F)F)C(=O)O. The second-order valence-electron chi connectivity index (χ2n) is 8.22. The Bertz CT molecular complexity index is 982. The summed E-state index contributed by atoms with van der Waals surface area (Å²) in [6.07, 6.45) is -4.79. The minimum absolute atomic E-state index is 0.0371. The maximum absolute atomic E-state index is 12.6. The molecule has 1 aliphatic carbocycles. The second kappa shape index (κ2) is 10.4. The molecule has 0 spiro atoms. The highest BCUT2D eigenvalue weighted by atomic mass is 19.3. The fourth-order valence-corrected chi connectivity index (χ4v) is 3.96. The molecule has 2 aromatic rings. The summed E-state index contributed by atoms with van der Waals surface area (Å²) in [7, 11) is 0. The molecule has 2 aromatic carbocycles. The van der Waals surface area contributed by atoms with Crippen LogP contribution in [0, 0.1) is 5.92 Å². The predicted molar refractivity (Wildman–Crippen MR) is 117 cm³/mol. The average molecular weight is 460 g/mol. The third-order valence-corrected chi connectivity index (χ3v) is 5.59. The van der Waals surface area contributed by atoms with E-state index in [1.807, 2.05) is 48.5 Å². The van der Waals surface area contributed by atoms with Gasteiger partial charge in [-0.25, -0.2) is 18.4 Å². The van der Waals surface area contributed by atoms with Gasteiger partial charge in [0.2, 0.25) is 12.3 Å². The zero-order valence-corrected chi connectivity index (χ0v) is 18.3. The molecule has 0 fully saturated rings. The summed E-state index contributed by atoms with van der Waals surface area (Å²) in [5.41, 5.74) is 4.20. The van der Waals surface area contributed by atoms with Crippen LogP contribution in [0.5, 0.6) is 0 Å². The largest absolute Gasteiger partial charge is 0.480 e. The summed E-state index contributed by atoms with van der Waals surface area (Å²) < 4.78 is 30.7. The Hall–Kier alpha value is -3.49. The third kappa shape index (κ3) is 5.66. The van der Waals surface area contributed by atoms with Gasteiger partial charge in [-0.05, 0) is 28.2 Å². The number of rotatable bonds is 9. The van der Waals surface area contributed by atoms with E-state index in [-0.39, 0.29) is 12.5 Å². The van der Waals surface area contributed by atoms with E-state index in [1.165, 1.54) is 0 Å². The number of nitrogens with one attached hydrogen (secondary N) is 2. The van der Waals surface area contributed by atoms with Gasteiger partial charge in [-0.15, -0.1) is 0 Å². The second-order valence-corrected chi connectivity index (χ2v) is 8.22. The number of carboxylic acid groups (broad SMARTS) is 1. The molecule has 2 atom stereocenters. The van der Waals surface area contributed by atoms with Crippen LogP contribution in [0.2, 0.25) is 0 Å². The lowest BCUT2D eigenvalue weighted by Crippen LogP contribution is -2.54. The van der Waals surface area contributed by atoms with Gasteiger partial charge in [-0.3, -0.25) is 4.79 Å². The molecule has 2 unspecified atom stereocenters. The summed E-state index contributed by atoms with van der Waals surface area (Å²) in [5.74, 6) is -3.05. The molecule has 9 heteroatoms. The Morgan fingerprint density at radius 3 is 2.00 bits per heavy atom. The van der Waals surface area contributed by atoms with Crippen molar-refractivity contribution in [3.63, 3.8) is 0 Å². The topological polar surface area (TPSA) is 105 Å². The summed E-state index contributed by atoms with van der Waals surface area (Å²) >= 11 is 0. The number of benzene rings is 2. The number of hydrogen-bond acceptors (Lipinski definition) is 4. The Morgan fingerprint density at radius 1 is 0.970 bits per heavy atom. The first-order chi connectivity index (χ1) is 15.7. The molecule has 33 heavy (non-hydrogen) atoms. The van der Waals surface area contributed by atoms with E-state index in [0.29, 0.717) is 0 Å². The van der Waals surface area contributed by atoms with Gasteiger partial charge in [0.15, 0.2) is 0 Å². The van der Waals surface area contributed by atoms with Gasteiger partial charge in [0.1, 0.15) is 18.7 Å². The standard InChI is InChI=1S/C24H26F2N2O5/c1-13(2)21(22(29)27-19(23(30)31)11-20(25)26)28-24(32)33-12-18-16-9-5-3-7-14(16)15-8-4-6-10-17(15)18/h3-10,13,18-21H,11-12H2,1-2H3,(H,27,29)(H,28,32)(H,30,31). The van der Waals surface area contributed by atoms with E-state index >= 15 is 0 Å². The van der Waals surface area contributed by atoms with Crippen LogP contribution < -0.4 is 10.6 Å². The van der Waals surface area contributed by atoms with Crippen LogP contribution in [-0.2, 0) is 14.3 Å². The van der Waals surface area contributed by atoms with Crippen molar-refractivity contribution in [2.45, 2.75) is 44.7 Å². The Kier molecular flexibility index (Phi) is 7.63. The minimum atomic E-state index is -2.90. The van der Waals surface area contributed by atoms with Crippen molar-refractivity contribution >= 4 is 18.0 Å². The van der Waals surface area contributed by atoms with Gasteiger partial charge in [-0.1, -0.05) is 62.4 Å². The lowest BCUT2D eigenvalue weighted by atomic mass is 9.98. The third-order valence-electron chi connectivity index (χ3n) is 5.59. The summed E-state index contributed by atoms with van der Waals surface area (Å²) in [6, 6.07) is 12.7. The molecule has 0 bridgehead atoms. The molecule has 0 aromatic heterocycles. The molecule has 0 radical (unpaired) electrons. The van der Waals surface area contributed by atoms with Crippen molar-refractivity contribution in [3.05, 3.63) is 59.7 Å². The number of carboxylic acids is 1. The average Bonchev–Trinajstić information content (AvgIpc) is 3.08. The van der Waals surface area contributed by atoms with E-state index in [4.69, 9.17) is 9.84 Å². The summed E-state index contributed by atoms with van der Waals surface area (Å²) in [4.78, 5) is 36.2. The van der Waals surface area contributed by atoms with Crippen LogP contribution in [0.25, 0.3) is 11.1 Å². The van der Waals surface area contributed by atoms with E-state index in [1.54, 1.807) is 13.8 Å². The normalized spacial score (nSPS) is 14.4. The van der Waals surface area contributed by atoms with Gasteiger partial charge in [0.05, 0.1) is 0 Å². The lowest BCUT2D eigenvalue weighted by Gasteiger charge is -2.24. The lowest BCUT2D eigenvalue weighted by molar-refractivity contribution is -0.143. The maximum Gasteiger partial charge on any atom is 0.407 e. The number of fused-ring (bicyclic) bond motifs is 3. The molecule has 0 saturated carbocycles. The zero-order valence-electron chi connectivity index (χ0n) is 18.3. The van der Waals surface area contributed by atoms with Crippen LogP contribution >= 0.6 is 0 Å². The van der Waals surface area contributed by atoms with Crippen molar-refractivity contribution < 1.29 is 33.0 Å². The number of aliphatic carboxylic acids is 1. The first-order valence-electron chi connectivity index (χ1n) is 10.6. The van der Waals surface area contributed by atoms with Crippen LogP contribution in [-0.4, -0.2) is 48.2 Å². The number of hydrogen-bond donors (Lipinski definition) is 3.